The van der Waals surface area contributed by atoms with E-state index >= 15 is 0 Å². The number of amides is 1. The molecule has 2 unspecified atom stereocenters. The average Bonchev–Trinajstić information content (AvgIpc) is 3.04. The van der Waals surface area contributed by atoms with Crippen molar-refractivity contribution in [1.82, 2.24) is 10.2 Å². The van der Waals surface area contributed by atoms with Crippen molar-refractivity contribution in [2.75, 3.05) is 13.1 Å². The van der Waals surface area contributed by atoms with Gasteiger partial charge in [0.05, 0.1) is 12.6 Å². The van der Waals surface area contributed by atoms with Gasteiger partial charge in [-0.05, 0) is 37.6 Å². The third-order valence-electron chi connectivity index (χ3n) is 3.66. The van der Waals surface area contributed by atoms with E-state index in [0.717, 1.165) is 25.8 Å². The van der Waals surface area contributed by atoms with Crippen LogP contribution in [0.3, 0.4) is 0 Å². The number of hydrogen-bond acceptors (Lipinski definition) is 3. The molecule has 3 nitrogen and oxygen atoms in total. The highest BCUT2D eigenvalue weighted by atomic mass is 32.1. The van der Waals surface area contributed by atoms with Crippen molar-refractivity contribution in [3.8, 4) is 0 Å². The fraction of sp³-hybridized carbons (Fsp3) is 0.643. The zero-order chi connectivity index (χ0) is 13.0. The number of thiophene rings is 1. The van der Waals surface area contributed by atoms with Gasteiger partial charge in [-0.25, -0.2) is 0 Å². The summed E-state index contributed by atoms with van der Waals surface area (Å²) in [5, 5.41) is 5.38. The van der Waals surface area contributed by atoms with E-state index in [1.165, 1.54) is 4.88 Å². The number of carbonyl (C=O) groups excluding carboxylic acids is 1. The predicted octanol–water partition coefficient (Wildman–Crippen LogP) is 2.80. The normalized spacial score (nSPS) is 21.2. The summed E-state index contributed by atoms with van der Waals surface area (Å²) < 4.78 is 0. The molecule has 2 rings (SSSR count). The summed E-state index contributed by atoms with van der Waals surface area (Å²) in [4.78, 5) is 15.6. The highest BCUT2D eigenvalue weighted by molar-refractivity contribution is 7.10. The molecule has 0 bridgehead atoms. The minimum absolute atomic E-state index is 0.242. The van der Waals surface area contributed by atoms with Gasteiger partial charge in [0.2, 0.25) is 5.91 Å². The maximum absolute atomic E-state index is 12.2. The van der Waals surface area contributed by atoms with Crippen LogP contribution in [0.1, 0.15) is 44.0 Å². The molecule has 0 aliphatic carbocycles. The standard InChI is InChI=1S/C14H22N2OS/c1-3-11(2)15-10-14(17)16-8-4-6-12(16)13-7-5-9-18-13/h5,7,9,11-12,15H,3-4,6,8,10H2,1-2H3. The molecule has 0 aromatic carbocycles. The Morgan fingerprint density at radius 3 is 3.17 bits per heavy atom. The molecule has 2 atom stereocenters. The Bertz CT molecular complexity index is 377. The lowest BCUT2D eigenvalue weighted by Crippen LogP contribution is -2.40. The molecule has 1 amide bonds. The molecule has 18 heavy (non-hydrogen) atoms. The summed E-state index contributed by atoms with van der Waals surface area (Å²) in [6.07, 6.45) is 3.29. The molecule has 1 aliphatic rings. The Balaban J connectivity index is 1.93. The first-order chi connectivity index (χ1) is 8.72. The Hall–Kier alpha value is -0.870. The van der Waals surface area contributed by atoms with E-state index in [9.17, 15) is 4.79 Å². The second-order valence-electron chi connectivity index (χ2n) is 4.95. The average molecular weight is 266 g/mol. The Kier molecular flexibility index (Phi) is 4.78. The van der Waals surface area contributed by atoms with Crippen molar-refractivity contribution in [3.05, 3.63) is 22.4 Å². The number of nitrogens with zero attached hydrogens (tertiary/aromatic N) is 1. The number of nitrogens with one attached hydrogen (secondary N) is 1. The van der Waals surface area contributed by atoms with Gasteiger partial charge in [0.25, 0.3) is 0 Å². The number of hydrogen-bond donors (Lipinski definition) is 1. The van der Waals surface area contributed by atoms with Crippen LogP contribution in [0.4, 0.5) is 0 Å². The molecule has 1 aromatic rings. The second kappa shape index (κ2) is 6.34. The first-order valence-corrected chi connectivity index (χ1v) is 7.66. The zero-order valence-corrected chi connectivity index (χ0v) is 12.0. The van der Waals surface area contributed by atoms with E-state index < -0.39 is 0 Å². The first kappa shape index (κ1) is 13.6. The highest BCUT2D eigenvalue weighted by Gasteiger charge is 2.30. The topological polar surface area (TPSA) is 32.3 Å². The third-order valence-corrected chi connectivity index (χ3v) is 4.63. The van der Waals surface area contributed by atoms with Gasteiger partial charge in [0, 0.05) is 17.5 Å². The van der Waals surface area contributed by atoms with Crippen LogP contribution in [0.2, 0.25) is 0 Å². The summed E-state index contributed by atoms with van der Waals surface area (Å²) in [6.45, 7) is 5.63. The highest BCUT2D eigenvalue weighted by Crippen LogP contribution is 2.34. The summed E-state index contributed by atoms with van der Waals surface area (Å²) >= 11 is 1.76. The smallest absolute Gasteiger partial charge is 0.237 e. The van der Waals surface area contributed by atoms with Crippen LogP contribution in [-0.4, -0.2) is 29.9 Å². The molecule has 0 saturated carbocycles. The molecule has 1 N–H and O–H groups in total. The molecule has 1 aromatic heterocycles. The quantitative estimate of drug-likeness (QED) is 0.889. The Labute approximate surface area is 113 Å². The molecule has 0 spiro atoms. The van der Waals surface area contributed by atoms with Crippen molar-refractivity contribution in [2.45, 2.75) is 45.2 Å². The fourth-order valence-electron chi connectivity index (χ4n) is 2.35. The van der Waals surface area contributed by atoms with Gasteiger partial charge in [-0.3, -0.25) is 4.79 Å². The lowest BCUT2D eigenvalue weighted by molar-refractivity contribution is -0.131. The van der Waals surface area contributed by atoms with Crippen LogP contribution in [0.5, 0.6) is 0 Å². The molecule has 1 fully saturated rings. The molecule has 2 heterocycles. The van der Waals surface area contributed by atoms with Gasteiger partial charge in [0.15, 0.2) is 0 Å². The van der Waals surface area contributed by atoms with Crippen LogP contribution in [0.25, 0.3) is 0 Å². The van der Waals surface area contributed by atoms with E-state index in [4.69, 9.17) is 0 Å². The number of rotatable bonds is 5. The van der Waals surface area contributed by atoms with E-state index in [1.807, 2.05) is 4.90 Å². The predicted molar refractivity (Wildman–Crippen MR) is 75.8 cm³/mol. The molecule has 100 valence electrons. The van der Waals surface area contributed by atoms with Crippen LogP contribution < -0.4 is 5.32 Å². The van der Waals surface area contributed by atoms with Crippen molar-refractivity contribution < 1.29 is 4.79 Å². The Morgan fingerprint density at radius 2 is 2.50 bits per heavy atom. The van der Waals surface area contributed by atoms with Crippen molar-refractivity contribution in [1.29, 1.82) is 0 Å². The van der Waals surface area contributed by atoms with Crippen LogP contribution >= 0.6 is 11.3 Å². The summed E-state index contributed by atoms with van der Waals surface area (Å²) in [5.41, 5.74) is 0. The van der Waals surface area contributed by atoms with Gasteiger partial charge < -0.3 is 10.2 Å². The lowest BCUT2D eigenvalue weighted by Gasteiger charge is -2.24. The van der Waals surface area contributed by atoms with Crippen molar-refractivity contribution in [3.63, 3.8) is 0 Å². The van der Waals surface area contributed by atoms with E-state index in [2.05, 4.69) is 36.7 Å². The minimum atomic E-state index is 0.242. The first-order valence-electron chi connectivity index (χ1n) is 6.78. The largest absolute Gasteiger partial charge is 0.334 e. The van der Waals surface area contributed by atoms with Gasteiger partial charge in [0.1, 0.15) is 0 Å². The lowest BCUT2D eigenvalue weighted by atomic mass is 10.2. The second-order valence-corrected chi connectivity index (χ2v) is 5.93. The molecular formula is C14H22N2OS. The van der Waals surface area contributed by atoms with E-state index in [-0.39, 0.29) is 5.91 Å². The van der Waals surface area contributed by atoms with Crippen molar-refractivity contribution >= 4 is 17.2 Å². The van der Waals surface area contributed by atoms with Crippen LogP contribution in [-0.2, 0) is 4.79 Å². The fourth-order valence-corrected chi connectivity index (χ4v) is 3.22. The maximum Gasteiger partial charge on any atom is 0.237 e. The third kappa shape index (κ3) is 3.12. The molecule has 0 radical (unpaired) electrons. The monoisotopic (exact) mass is 266 g/mol. The SMILES string of the molecule is CCC(C)NCC(=O)N1CCCC1c1cccs1. The van der Waals surface area contributed by atoms with Crippen molar-refractivity contribution in [2.24, 2.45) is 0 Å². The van der Waals surface area contributed by atoms with Gasteiger partial charge >= 0.3 is 0 Å². The molecule has 1 aliphatic heterocycles. The summed E-state index contributed by atoms with van der Waals surface area (Å²) in [7, 11) is 0. The number of likely N-dealkylation sites (tertiary alicyclic amines) is 1. The summed E-state index contributed by atoms with van der Waals surface area (Å²) in [6, 6.07) is 4.94. The Morgan fingerprint density at radius 1 is 1.67 bits per heavy atom. The van der Waals surface area contributed by atoms with Crippen LogP contribution in [0, 0.1) is 0 Å². The molecule has 4 heteroatoms. The summed E-state index contributed by atoms with van der Waals surface area (Å²) in [5.74, 6) is 0.242. The molecule has 1 saturated heterocycles. The molecular weight excluding hydrogens is 244 g/mol. The van der Waals surface area contributed by atoms with Crippen LogP contribution in [0.15, 0.2) is 17.5 Å². The van der Waals surface area contributed by atoms with Gasteiger partial charge in [-0.2, -0.15) is 0 Å². The maximum atomic E-state index is 12.2. The zero-order valence-electron chi connectivity index (χ0n) is 11.2. The van der Waals surface area contributed by atoms with Gasteiger partial charge in [-0.1, -0.05) is 13.0 Å². The van der Waals surface area contributed by atoms with Gasteiger partial charge in [-0.15, -0.1) is 11.3 Å². The number of carbonyl (C=O) groups is 1. The van der Waals surface area contributed by atoms with E-state index in [0.29, 0.717) is 18.6 Å². The minimum Gasteiger partial charge on any atom is -0.334 e. The van der Waals surface area contributed by atoms with E-state index in [1.54, 1.807) is 11.3 Å².